The lowest BCUT2D eigenvalue weighted by Crippen LogP contribution is -2.21. The highest BCUT2D eigenvalue weighted by molar-refractivity contribution is 5.94. The fraction of sp³-hybridized carbons (Fsp3) is 0.176. The zero-order valence-corrected chi connectivity index (χ0v) is 11.6. The number of benzene rings is 2. The second-order valence-corrected chi connectivity index (χ2v) is 4.85. The molecule has 2 aromatic carbocycles. The molecular weight excluding hydrogens is 248 g/mol. The molecule has 0 aliphatic carbocycles. The molecule has 1 amide bonds. The lowest BCUT2D eigenvalue weighted by Gasteiger charge is -2.11. The van der Waals surface area contributed by atoms with Crippen LogP contribution in [-0.4, -0.2) is 24.9 Å². The number of nitrogens with zero attached hydrogens (tertiary/aromatic N) is 2. The topological polar surface area (TPSA) is 44.1 Å². The number of nitriles is 1. The minimum atomic E-state index is -0.0900. The van der Waals surface area contributed by atoms with Crippen LogP contribution in [0.5, 0.6) is 0 Å². The van der Waals surface area contributed by atoms with Gasteiger partial charge in [-0.25, -0.2) is 0 Å². The van der Waals surface area contributed by atoms with Gasteiger partial charge in [0, 0.05) is 19.7 Å². The van der Waals surface area contributed by atoms with E-state index in [2.05, 4.69) is 6.07 Å². The number of hydrogen-bond donors (Lipinski definition) is 0. The van der Waals surface area contributed by atoms with Crippen LogP contribution < -0.4 is 0 Å². The van der Waals surface area contributed by atoms with E-state index in [0.29, 0.717) is 17.5 Å². The highest BCUT2D eigenvalue weighted by Crippen LogP contribution is 2.16. The first kappa shape index (κ1) is 13.8. The van der Waals surface area contributed by atoms with Crippen molar-refractivity contribution in [2.24, 2.45) is 0 Å². The zero-order chi connectivity index (χ0) is 14.5. The minimum absolute atomic E-state index is 0.0900. The van der Waals surface area contributed by atoms with Gasteiger partial charge in [0.2, 0.25) is 0 Å². The SMILES string of the molecule is CN(C)C(=O)c1ccc(Cc2ccccc2)c(C#N)c1. The summed E-state index contributed by atoms with van der Waals surface area (Å²) in [4.78, 5) is 13.4. The third-order valence-electron chi connectivity index (χ3n) is 3.12. The Bertz CT molecular complexity index is 654. The zero-order valence-electron chi connectivity index (χ0n) is 11.6. The van der Waals surface area contributed by atoms with Gasteiger partial charge in [0.15, 0.2) is 0 Å². The van der Waals surface area contributed by atoms with Crippen molar-refractivity contribution in [3.05, 3.63) is 70.8 Å². The fourth-order valence-electron chi connectivity index (χ4n) is 2.04. The fourth-order valence-corrected chi connectivity index (χ4v) is 2.04. The van der Waals surface area contributed by atoms with E-state index >= 15 is 0 Å². The van der Waals surface area contributed by atoms with Gasteiger partial charge in [-0.15, -0.1) is 0 Å². The van der Waals surface area contributed by atoms with E-state index in [-0.39, 0.29) is 5.91 Å². The van der Waals surface area contributed by atoms with Gasteiger partial charge in [-0.1, -0.05) is 36.4 Å². The van der Waals surface area contributed by atoms with Gasteiger partial charge >= 0.3 is 0 Å². The van der Waals surface area contributed by atoms with Gasteiger partial charge in [0.05, 0.1) is 11.6 Å². The molecular formula is C17H16N2O. The third-order valence-corrected chi connectivity index (χ3v) is 3.12. The molecule has 20 heavy (non-hydrogen) atoms. The Hall–Kier alpha value is -2.60. The maximum atomic E-state index is 11.9. The van der Waals surface area contributed by atoms with Crippen molar-refractivity contribution in [1.82, 2.24) is 4.90 Å². The Labute approximate surface area is 119 Å². The lowest BCUT2D eigenvalue weighted by atomic mass is 9.98. The molecule has 0 bridgehead atoms. The summed E-state index contributed by atoms with van der Waals surface area (Å²) in [7, 11) is 3.40. The van der Waals surface area contributed by atoms with E-state index in [4.69, 9.17) is 0 Å². The maximum Gasteiger partial charge on any atom is 0.253 e. The molecule has 3 nitrogen and oxygen atoms in total. The van der Waals surface area contributed by atoms with Crippen molar-refractivity contribution < 1.29 is 4.79 Å². The molecule has 0 aliphatic heterocycles. The van der Waals surface area contributed by atoms with E-state index in [9.17, 15) is 10.1 Å². The van der Waals surface area contributed by atoms with Crippen LogP contribution in [0.25, 0.3) is 0 Å². The standard InChI is InChI=1S/C17H16N2O/c1-19(2)17(20)15-9-8-14(16(11-15)12-18)10-13-6-4-3-5-7-13/h3-9,11H,10H2,1-2H3. The molecule has 3 heteroatoms. The molecule has 100 valence electrons. The predicted octanol–water partition coefficient (Wildman–Crippen LogP) is 2.85. The summed E-state index contributed by atoms with van der Waals surface area (Å²) in [5.74, 6) is -0.0900. The molecule has 0 aromatic heterocycles. The summed E-state index contributed by atoms with van der Waals surface area (Å²) >= 11 is 0. The van der Waals surface area contributed by atoms with E-state index in [1.54, 1.807) is 26.2 Å². The van der Waals surface area contributed by atoms with E-state index in [1.165, 1.54) is 4.90 Å². The molecule has 2 rings (SSSR count). The molecule has 0 saturated heterocycles. The number of amides is 1. The summed E-state index contributed by atoms with van der Waals surface area (Å²) in [5.41, 5.74) is 3.19. The second kappa shape index (κ2) is 6.03. The molecule has 2 aromatic rings. The summed E-state index contributed by atoms with van der Waals surface area (Å²) in [6.45, 7) is 0. The van der Waals surface area contributed by atoms with Crippen LogP contribution >= 0.6 is 0 Å². The highest BCUT2D eigenvalue weighted by atomic mass is 16.2. The Morgan fingerprint density at radius 1 is 1.15 bits per heavy atom. The van der Waals surface area contributed by atoms with Crippen molar-refractivity contribution in [2.75, 3.05) is 14.1 Å². The molecule has 0 fully saturated rings. The van der Waals surface area contributed by atoms with Gasteiger partial charge < -0.3 is 4.90 Å². The van der Waals surface area contributed by atoms with Crippen LogP contribution in [0.15, 0.2) is 48.5 Å². The van der Waals surface area contributed by atoms with Crippen LogP contribution in [0.4, 0.5) is 0 Å². The van der Waals surface area contributed by atoms with E-state index in [0.717, 1.165) is 11.1 Å². The lowest BCUT2D eigenvalue weighted by molar-refractivity contribution is 0.0827. The first-order chi connectivity index (χ1) is 9.61. The average molecular weight is 264 g/mol. The first-order valence-corrected chi connectivity index (χ1v) is 6.40. The van der Waals surface area contributed by atoms with E-state index < -0.39 is 0 Å². The first-order valence-electron chi connectivity index (χ1n) is 6.40. The Kier molecular flexibility index (Phi) is 4.17. The molecule has 0 spiro atoms. The highest BCUT2D eigenvalue weighted by Gasteiger charge is 2.11. The Morgan fingerprint density at radius 3 is 2.45 bits per heavy atom. The molecule has 0 heterocycles. The number of carbonyl (C=O) groups is 1. The smallest absolute Gasteiger partial charge is 0.253 e. The van der Waals surface area contributed by atoms with Gasteiger partial charge in [-0.05, 0) is 29.7 Å². The molecule has 0 N–H and O–H groups in total. The summed E-state index contributed by atoms with van der Waals surface area (Å²) in [5, 5.41) is 9.27. The quantitative estimate of drug-likeness (QED) is 0.855. The molecule has 0 atom stereocenters. The Balaban J connectivity index is 2.32. The summed E-state index contributed by atoms with van der Waals surface area (Å²) in [6.07, 6.45) is 0.695. The van der Waals surface area contributed by atoms with Crippen molar-refractivity contribution >= 4 is 5.91 Å². The molecule has 0 saturated carbocycles. The monoisotopic (exact) mass is 264 g/mol. The van der Waals surface area contributed by atoms with Gasteiger partial charge in [-0.3, -0.25) is 4.79 Å². The normalized spacial score (nSPS) is 9.85. The van der Waals surface area contributed by atoms with Crippen LogP contribution in [0.1, 0.15) is 27.0 Å². The van der Waals surface area contributed by atoms with Gasteiger partial charge in [-0.2, -0.15) is 5.26 Å². The molecule has 0 aliphatic rings. The van der Waals surface area contributed by atoms with Gasteiger partial charge in [0.25, 0.3) is 5.91 Å². The van der Waals surface area contributed by atoms with Crippen LogP contribution in [0, 0.1) is 11.3 Å². The third kappa shape index (κ3) is 3.04. The Morgan fingerprint density at radius 2 is 1.85 bits per heavy atom. The maximum absolute atomic E-state index is 11.9. The van der Waals surface area contributed by atoms with Crippen LogP contribution in [0.2, 0.25) is 0 Å². The van der Waals surface area contributed by atoms with Crippen molar-refractivity contribution in [1.29, 1.82) is 5.26 Å². The minimum Gasteiger partial charge on any atom is -0.345 e. The van der Waals surface area contributed by atoms with Crippen molar-refractivity contribution in [3.63, 3.8) is 0 Å². The molecule has 0 unspecified atom stereocenters. The average Bonchev–Trinajstić information content (AvgIpc) is 2.48. The largest absolute Gasteiger partial charge is 0.345 e. The number of hydrogen-bond acceptors (Lipinski definition) is 2. The summed E-state index contributed by atoms with van der Waals surface area (Å²) in [6, 6.07) is 17.5. The van der Waals surface area contributed by atoms with Crippen molar-refractivity contribution in [2.45, 2.75) is 6.42 Å². The second-order valence-electron chi connectivity index (χ2n) is 4.85. The number of carbonyl (C=O) groups excluding carboxylic acids is 1. The van der Waals surface area contributed by atoms with Crippen molar-refractivity contribution in [3.8, 4) is 6.07 Å². The summed E-state index contributed by atoms with van der Waals surface area (Å²) < 4.78 is 0. The number of rotatable bonds is 3. The molecule has 0 radical (unpaired) electrons. The van der Waals surface area contributed by atoms with Crippen LogP contribution in [-0.2, 0) is 6.42 Å². The van der Waals surface area contributed by atoms with Crippen LogP contribution in [0.3, 0.4) is 0 Å². The predicted molar refractivity (Wildman–Crippen MR) is 78.4 cm³/mol. The van der Waals surface area contributed by atoms with E-state index in [1.807, 2.05) is 36.4 Å². The van der Waals surface area contributed by atoms with Gasteiger partial charge in [0.1, 0.15) is 0 Å².